The molecule has 0 aliphatic heterocycles. The number of halogens is 1. The number of hydrogen-bond donors (Lipinski definition) is 3. The molecule has 1 aliphatic rings. The summed E-state index contributed by atoms with van der Waals surface area (Å²) in [4.78, 5) is 24.6. The van der Waals surface area contributed by atoms with Crippen LogP contribution >= 0.6 is 0 Å². The van der Waals surface area contributed by atoms with Gasteiger partial charge < -0.3 is 16.6 Å². The number of carbonyl (C=O) groups is 1. The minimum Gasteiger partial charge on any atom is -0.505 e. The van der Waals surface area contributed by atoms with Crippen LogP contribution in [0.3, 0.4) is 0 Å². The number of phenolic OH excluding ortho intramolecular Hbond substituents is 1. The monoisotopic (exact) mass is 331 g/mol. The molecular formula is C17H18FN3O3. The summed E-state index contributed by atoms with van der Waals surface area (Å²) in [5.74, 6) is -2.14. The number of pyridine rings is 1. The van der Waals surface area contributed by atoms with Crippen LogP contribution in [-0.4, -0.2) is 15.6 Å². The Labute approximate surface area is 137 Å². The molecule has 0 atom stereocenters. The summed E-state index contributed by atoms with van der Waals surface area (Å²) < 4.78 is 14.9. The van der Waals surface area contributed by atoms with E-state index in [9.17, 15) is 19.1 Å². The predicted molar refractivity (Wildman–Crippen MR) is 88.0 cm³/mol. The third-order valence-electron chi connectivity index (χ3n) is 4.43. The molecule has 126 valence electrons. The van der Waals surface area contributed by atoms with E-state index in [0.29, 0.717) is 11.1 Å². The molecule has 7 heteroatoms. The fourth-order valence-electron chi connectivity index (χ4n) is 3.01. The molecule has 3 rings (SSSR count). The molecule has 0 radical (unpaired) electrons. The number of nitrogens with zero attached hydrogens (tertiary/aromatic N) is 1. The van der Waals surface area contributed by atoms with Gasteiger partial charge in [-0.3, -0.25) is 14.2 Å². The van der Waals surface area contributed by atoms with Gasteiger partial charge in [0, 0.05) is 11.1 Å². The second-order valence-corrected chi connectivity index (χ2v) is 6.18. The van der Waals surface area contributed by atoms with Crippen molar-refractivity contribution in [2.75, 3.05) is 5.73 Å². The third kappa shape index (κ3) is 2.33. The zero-order chi connectivity index (χ0) is 17.8. The van der Waals surface area contributed by atoms with E-state index in [1.807, 2.05) is 0 Å². The lowest BCUT2D eigenvalue weighted by Crippen LogP contribution is -2.29. The van der Waals surface area contributed by atoms with Gasteiger partial charge in [-0.1, -0.05) is 0 Å². The first-order valence-corrected chi connectivity index (χ1v) is 7.58. The highest BCUT2D eigenvalue weighted by Crippen LogP contribution is 2.40. The van der Waals surface area contributed by atoms with Gasteiger partial charge >= 0.3 is 0 Å². The molecule has 24 heavy (non-hydrogen) atoms. The molecule has 1 aromatic heterocycles. The van der Waals surface area contributed by atoms with Gasteiger partial charge in [0.25, 0.3) is 11.5 Å². The molecule has 6 nitrogen and oxygen atoms in total. The molecule has 1 saturated carbocycles. The average molecular weight is 331 g/mol. The van der Waals surface area contributed by atoms with E-state index in [2.05, 4.69) is 0 Å². The highest BCUT2D eigenvalue weighted by molar-refractivity contribution is 5.97. The second-order valence-electron chi connectivity index (χ2n) is 6.18. The lowest BCUT2D eigenvalue weighted by molar-refractivity contribution is 0.100. The SMILES string of the molecule is Cc1cc(F)c(O)c(C)c1-n1c(N)c(C(N)=O)cc(C2CC2)c1=O. The van der Waals surface area contributed by atoms with Gasteiger partial charge in [0.05, 0.1) is 11.3 Å². The summed E-state index contributed by atoms with van der Waals surface area (Å²) >= 11 is 0. The standard InChI is InChI=1S/C17H18FN3O3/c1-7-5-12(18)14(22)8(2)13(7)21-15(19)11(16(20)23)6-10(17(21)24)9-3-4-9/h5-6,9,22H,3-4,19H2,1-2H3,(H2,20,23). The number of nitrogen functional groups attached to an aromatic ring is 1. The zero-order valence-electron chi connectivity index (χ0n) is 13.4. The first-order valence-electron chi connectivity index (χ1n) is 7.58. The summed E-state index contributed by atoms with van der Waals surface area (Å²) in [5, 5.41) is 9.90. The number of benzene rings is 1. The van der Waals surface area contributed by atoms with E-state index in [0.717, 1.165) is 23.5 Å². The van der Waals surface area contributed by atoms with Crippen molar-refractivity contribution >= 4 is 11.7 Å². The van der Waals surface area contributed by atoms with Crippen LogP contribution in [0.4, 0.5) is 10.2 Å². The Morgan fingerprint density at radius 3 is 2.50 bits per heavy atom. The Morgan fingerprint density at radius 1 is 1.33 bits per heavy atom. The number of carbonyl (C=O) groups excluding carboxylic acids is 1. The van der Waals surface area contributed by atoms with Crippen molar-refractivity contribution in [3.63, 3.8) is 0 Å². The van der Waals surface area contributed by atoms with Gasteiger partial charge in [0.2, 0.25) is 0 Å². The minimum atomic E-state index is -0.783. The number of hydrogen-bond acceptors (Lipinski definition) is 4. The molecule has 1 heterocycles. The first-order chi connectivity index (χ1) is 11.2. The third-order valence-corrected chi connectivity index (χ3v) is 4.43. The molecule has 0 bridgehead atoms. The van der Waals surface area contributed by atoms with Crippen LogP contribution in [0.15, 0.2) is 16.9 Å². The lowest BCUT2D eigenvalue weighted by Gasteiger charge is -2.19. The number of amides is 1. The fourth-order valence-corrected chi connectivity index (χ4v) is 3.01. The summed E-state index contributed by atoms with van der Waals surface area (Å²) in [6.45, 7) is 3.09. The van der Waals surface area contributed by atoms with Gasteiger partial charge in [-0.15, -0.1) is 0 Å². The van der Waals surface area contributed by atoms with E-state index in [4.69, 9.17) is 11.5 Å². The maximum absolute atomic E-state index is 13.7. The molecule has 5 N–H and O–H groups in total. The van der Waals surface area contributed by atoms with E-state index >= 15 is 0 Å². The zero-order valence-corrected chi connectivity index (χ0v) is 13.4. The number of aryl methyl sites for hydroxylation is 1. The van der Waals surface area contributed by atoms with Gasteiger partial charge in [-0.05, 0) is 50.3 Å². The van der Waals surface area contributed by atoms with Crippen molar-refractivity contribution in [1.82, 2.24) is 4.57 Å². The van der Waals surface area contributed by atoms with Crippen LogP contribution in [0.25, 0.3) is 5.69 Å². The summed E-state index contributed by atoms with van der Waals surface area (Å²) in [7, 11) is 0. The number of nitrogens with two attached hydrogens (primary N) is 2. The molecule has 0 saturated heterocycles. The summed E-state index contributed by atoms with van der Waals surface area (Å²) in [6, 6.07) is 2.57. The van der Waals surface area contributed by atoms with E-state index in [1.54, 1.807) is 6.92 Å². The number of rotatable bonds is 3. The first kappa shape index (κ1) is 16.0. The molecule has 0 spiro atoms. The Balaban J connectivity index is 2.43. The largest absolute Gasteiger partial charge is 0.505 e. The summed E-state index contributed by atoms with van der Waals surface area (Å²) in [5.41, 5.74) is 12.4. The normalized spacial score (nSPS) is 14.0. The van der Waals surface area contributed by atoms with Crippen molar-refractivity contribution < 1.29 is 14.3 Å². The molecule has 1 fully saturated rings. The molecule has 2 aromatic rings. The van der Waals surface area contributed by atoms with Gasteiger partial charge in [-0.2, -0.15) is 0 Å². The molecule has 1 aliphatic carbocycles. The number of aromatic nitrogens is 1. The highest BCUT2D eigenvalue weighted by Gasteiger charge is 2.30. The maximum Gasteiger partial charge on any atom is 0.260 e. The van der Waals surface area contributed by atoms with Gasteiger partial charge in [-0.25, -0.2) is 4.39 Å². The van der Waals surface area contributed by atoms with Crippen molar-refractivity contribution in [2.24, 2.45) is 5.73 Å². The Bertz CT molecular complexity index is 930. The van der Waals surface area contributed by atoms with Crippen LogP contribution in [-0.2, 0) is 0 Å². The van der Waals surface area contributed by atoms with Crippen LogP contribution < -0.4 is 17.0 Å². The van der Waals surface area contributed by atoms with E-state index in [1.165, 1.54) is 13.0 Å². The molecule has 1 aromatic carbocycles. The van der Waals surface area contributed by atoms with Crippen molar-refractivity contribution in [2.45, 2.75) is 32.6 Å². The highest BCUT2D eigenvalue weighted by atomic mass is 19.1. The van der Waals surface area contributed by atoms with Gasteiger partial charge in [0.15, 0.2) is 11.6 Å². The number of aromatic hydroxyl groups is 1. The fraction of sp³-hybridized carbons (Fsp3) is 0.294. The van der Waals surface area contributed by atoms with Crippen molar-refractivity contribution in [1.29, 1.82) is 0 Å². The Kier molecular flexibility index (Phi) is 3.59. The van der Waals surface area contributed by atoms with E-state index < -0.39 is 17.5 Å². The topological polar surface area (TPSA) is 111 Å². The molecule has 0 unspecified atom stereocenters. The van der Waals surface area contributed by atoms with Crippen molar-refractivity contribution in [3.8, 4) is 11.4 Å². The number of anilines is 1. The van der Waals surface area contributed by atoms with Gasteiger partial charge in [0.1, 0.15) is 5.82 Å². The van der Waals surface area contributed by atoms with Crippen molar-refractivity contribution in [3.05, 3.63) is 50.6 Å². The van der Waals surface area contributed by atoms with Crippen LogP contribution in [0.5, 0.6) is 5.75 Å². The average Bonchev–Trinajstić information content (AvgIpc) is 3.32. The number of primary amides is 1. The van der Waals surface area contributed by atoms with Crippen LogP contribution in [0.2, 0.25) is 0 Å². The molecule has 1 amide bonds. The smallest absolute Gasteiger partial charge is 0.260 e. The Morgan fingerprint density at radius 2 is 1.96 bits per heavy atom. The quantitative estimate of drug-likeness (QED) is 0.797. The molecular weight excluding hydrogens is 313 g/mol. The van der Waals surface area contributed by atoms with E-state index in [-0.39, 0.29) is 34.1 Å². The predicted octanol–water partition coefficient (Wildman–Crippen LogP) is 1.86. The summed E-state index contributed by atoms with van der Waals surface area (Å²) in [6.07, 6.45) is 1.70. The number of phenols is 1. The second kappa shape index (κ2) is 5.36. The maximum atomic E-state index is 13.7. The Hall–Kier alpha value is -2.83. The van der Waals surface area contributed by atoms with Crippen LogP contribution in [0, 0.1) is 19.7 Å². The lowest BCUT2D eigenvalue weighted by atomic mass is 10.0. The van der Waals surface area contributed by atoms with Crippen LogP contribution in [0.1, 0.15) is 45.8 Å². The minimum absolute atomic E-state index is 0.0408.